The molecule has 1 N–H and O–H groups in total. The van der Waals surface area contributed by atoms with Crippen molar-refractivity contribution in [2.24, 2.45) is 0 Å². The Hall–Kier alpha value is -1.97. The molecule has 0 saturated heterocycles. The molecule has 0 aliphatic heterocycles. The fourth-order valence-corrected chi connectivity index (χ4v) is 2.72. The molecule has 0 amide bonds. The van der Waals surface area contributed by atoms with Crippen LogP contribution in [0.5, 0.6) is 0 Å². The largest absolute Gasteiger partial charge is 0.362 e. The second-order valence-electron chi connectivity index (χ2n) is 6.21. The van der Waals surface area contributed by atoms with Crippen LogP contribution in [-0.4, -0.2) is 10.2 Å². The van der Waals surface area contributed by atoms with Crippen molar-refractivity contribution in [3.05, 3.63) is 52.0 Å². The van der Waals surface area contributed by atoms with Crippen molar-refractivity contribution < 1.29 is 5.82 Å². The van der Waals surface area contributed by atoms with E-state index < -0.39 is 0 Å². The van der Waals surface area contributed by atoms with Gasteiger partial charge >= 0.3 is 0 Å². The number of aromatic nitrogens is 2. The first-order valence-electron chi connectivity index (χ1n) is 7.67. The molecule has 2 rings (SSSR count). The predicted octanol–water partition coefficient (Wildman–Crippen LogP) is 5.08. The van der Waals surface area contributed by atoms with E-state index in [1.165, 1.54) is 11.6 Å². The number of aryl methyl sites for hydroxylation is 1. The molecule has 120 valence electrons. The van der Waals surface area contributed by atoms with Crippen molar-refractivity contribution in [3.63, 3.8) is 0 Å². The van der Waals surface area contributed by atoms with Gasteiger partial charge in [0.15, 0.2) is 5.82 Å². The third-order valence-electron chi connectivity index (χ3n) is 4.16. The molecule has 0 aliphatic rings. The number of halogens is 1. The Balaban J connectivity index is 0.00000264. The van der Waals surface area contributed by atoms with Gasteiger partial charge in [-0.1, -0.05) is 19.9 Å². The minimum Gasteiger partial charge on any atom is -0.362 e. The summed E-state index contributed by atoms with van der Waals surface area (Å²) in [6.07, 6.45) is 0. The molecule has 0 bridgehead atoms. The molecule has 0 unspecified atom stereocenters. The van der Waals surface area contributed by atoms with Crippen LogP contribution < -0.4 is 5.32 Å². The molecule has 0 aliphatic carbocycles. The zero-order chi connectivity index (χ0) is 16.4. The van der Waals surface area contributed by atoms with Crippen molar-refractivity contribution in [2.45, 2.75) is 53.5 Å². The van der Waals surface area contributed by atoms with Crippen LogP contribution in [0.25, 0.3) is 0 Å². The van der Waals surface area contributed by atoms with Crippen molar-refractivity contribution >= 4 is 5.82 Å². The predicted molar refractivity (Wildman–Crippen MR) is 90.9 cm³/mol. The second kappa shape index (κ2) is 6.42. The molecule has 0 radical (unpaired) electrons. The molecule has 1 heterocycles. The summed E-state index contributed by atoms with van der Waals surface area (Å²) in [6.45, 7) is 12.3. The molecule has 2 aromatic rings. The number of nitrogens with zero attached hydrogens (tertiary/aromatic N) is 2. The number of benzene rings is 1. The third-order valence-corrected chi connectivity index (χ3v) is 4.16. The maximum absolute atomic E-state index is 13.2. The lowest BCUT2D eigenvalue weighted by molar-refractivity contribution is 0.624. The van der Waals surface area contributed by atoms with E-state index in [2.05, 4.69) is 43.2 Å². The van der Waals surface area contributed by atoms with E-state index in [1.54, 1.807) is 6.07 Å². The number of anilines is 1. The van der Waals surface area contributed by atoms with Crippen molar-refractivity contribution in [3.8, 4) is 0 Å². The summed E-state index contributed by atoms with van der Waals surface area (Å²) in [7, 11) is 0. The molecule has 4 heteroatoms. The second-order valence-corrected chi connectivity index (χ2v) is 6.21. The van der Waals surface area contributed by atoms with Crippen LogP contribution in [-0.2, 0) is 0 Å². The van der Waals surface area contributed by atoms with Crippen LogP contribution in [0.3, 0.4) is 0 Å². The van der Waals surface area contributed by atoms with Crippen LogP contribution in [0, 0.1) is 26.6 Å². The topological polar surface area (TPSA) is 37.8 Å². The summed E-state index contributed by atoms with van der Waals surface area (Å²) in [5.74, 6) is 0.941. The van der Waals surface area contributed by atoms with Crippen molar-refractivity contribution in [1.29, 1.82) is 0 Å². The summed E-state index contributed by atoms with van der Waals surface area (Å²) in [5, 5.41) is 12.1. The van der Waals surface area contributed by atoms with Crippen molar-refractivity contribution in [2.75, 3.05) is 5.32 Å². The molecule has 3 nitrogen and oxygen atoms in total. The third kappa shape index (κ3) is 3.26. The van der Waals surface area contributed by atoms with Crippen LogP contribution in [0.1, 0.15) is 62.1 Å². The quantitative estimate of drug-likeness (QED) is 0.855. The minimum atomic E-state index is -0.207. The summed E-state index contributed by atoms with van der Waals surface area (Å²) in [4.78, 5) is 0. The van der Waals surface area contributed by atoms with Crippen LogP contribution >= 0.6 is 0 Å². The molecule has 0 saturated carbocycles. The summed E-state index contributed by atoms with van der Waals surface area (Å²) < 4.78 is 13.2. The monoisotopic (exact) mass is 303 g/mol. The number of hydrogen-bond donors (Lipinski definition) is 1. The Kier molecular flexibility index (Phi) is 4.79. The minimum absolute atomic E-state index is 0. The van der Waals surface area contributed by atoms with E-state index in [-0.39, 0.29) is 13.3 Å². The Morgan fingerprint density at radius 1 is 1.05 bits per heavy atom. The fourth-order valence-electron chi connectivity index (χ4n) is 2.72. The van der Waals surface area contributed by atoms with E-state index in [0.29, 0.717) is 5.92 Å². The fraction of sp³-hybridized carbons (Fsp3) is 0.444. The normalized spacial score (nSPS) is 12.5. The summed E-state index contributed by atoms with van der Waals surface area (Å²) in [6, 6.07) is 4.91. The molecule has 1 atom stereocenters. The van der Waals surface area contributed by atoms with Gasteiger partial charge in [0.1, 0.15) is 5.82 Å². The van der Waals surface area contributed by atoms with Gasteiger partial charge in [-0.25, -0.2) is 4.39 Å². The maximum Gasteiger partial charge on any atom is 0.152 e. The Bertz CT molecular complexity index is 686. The first kappa shape index (κ1) is 16.4. The van der Waals surface area contributed by atoms with Crippen LogP contribution in [0.4, 0.5) is 10.2 Å². The molecule has 1 aromatic carbocycles. The van der Waals surface area contributed by atoms with Gasteiger partial charge in [-0.05, 0) is 68.0 Å². The zero-order valence-corrected chi connectivity index (χ0v) is 14.2. The van der Waals surface area contributed by atoms with E-state index in [0.717, 1.165) is 28.2 Å². The highest BCUT2D eigenvalue weighted by atomic mass is 19.1. The Morgan fingerprint density at radius 2 is 1.73 bits per heavy atom. The van der Waals surface area contributed by atoms with Crippen LogP contribution in [0.15, 0.2) is 18.2 Å². The van der Waals surface area contributed by atoms with E-state index in [1.807, 2.05) is 19.9 Å². The highest BCUT2D eigenvalue weighted by molar-refractivity contribution is 5.50. The van der Waals surface area contributed by atoms with Crippen LogP contribution in [0.2, 0.25) is 0 Å². The zero-order valence-electron chi connectivity index (χ0n) is 14.2. The first-order chi connectivity index (χ1) is 10.3. The molecule has 22 heavy (non-hydrogen) atoms. The van der Waals surface area contributed by atoms with Gasteiger partial charge in [0.05, 0.1) is 11.7 Å². The van der Waals surface area contributed by atoms with Gasteiger partial charge < -0.3 is 5.32 Å². The lowest BCUT2D eigenvalue weighted by Gasteiger charge is -2.20. The molecule has 0 spiro atoms. The van der Waals surface area contributed by atoms with Gasteiger partial charge in [-0.3, -0.25) is 0 Å². The molecule has 0 fully saturated rings. The standard InChI is InChI=1S/C18H24FN3.H2/c1-10(2)17-12(4)13(5)18(22-21-17)20-14(6)16-8-7-15(19)9-11(16)3;/h7-10,14H,1-6H3,(H,20,22);1H/t14-;/m0./s1. The maximum atomic E-state index is 13.2. The highest BCUT2D eigenvalue weighted by Gasteiger charge is 2.15. The molecular formula is C18H26FN3. The molecule has 1 aromatic heterocycles. The smallest absolute Gasteiger partial charge is 0.152 e. The van der Waals surface area contributed by atoms with Gasteiger partial charge in [-0.2, -0.15) is 5.10 Å². The van der Waals surface area contributed by atoms with E-state index in [4.69, 9.17) is 0 Å². The summed E-state index contributed by atoms with van der Waals surface area (Å²) in [5.41, 5.74) is 5.32. The number of rotatable bonds is 4. The molecular weight excluding hydrogens is 277 g/mol. The Labute approximate surface area is 133 Å². The highest BCUT2D eigenvalue weighted by Crippen LogP contribution is 2.27. The average Bonchev–Trinajstić information content (AvgIpc) is 2.43. The summed E-state index contributed by atoms with van der Waals surface area (Å²) >= 11 is 0. The lowest BCUT2D eigenvalue weighted by atomic mass is 10.0. The van der Waals surface area contributed by atoms with Crippen molar-refractivity contribution in [1.82, 2.24) is 10.2 Å². The van der Waals surface area contributed by atoms with Gasteiger partial charge in [0.2, 0.25) is 0 Å². The number of hydrogen-bond acceptors (Lipinski definition) is 3. The SMILES string of the molecule is Cc1cc(F)ccc1[C@H](C)Nc1nnc(C(C)C)c(C)c1C.[HH]. The van der Waals surface area contributed by atoms with Gasteiger partial charge in [0.25, 0.3) is 0 Å². The van der Waals surface area contributed by atoms with Gasteiger partial charge in [-0.15, -0.1) is 5.10 Å². The van der Waals surface area contributed by atoms with Gasteiger partial charge in [0, 0.05) is 1.43 Å². The first-order valence-corrected chi connectivity index (χ1v) is 7.67. The Morgan fingerprint density at radius 3 is 2.32 bits per heavy atom. The van der Waals surface area contributed by atoms with E-state index in [9.17, 15) is 4.39 Å². The average molecular weight is 303 g/mol. The number of nitrogens with one attached hydrogen (secondary N) is 1. The lowest BCUT2D eigenvalue weighted by Crippen LogP contribution is -2.13. The van der Waals surface area contributed by atoms with E-state index >= 15 is 0 Å².